The number of nitrogens with one attached hydrogen (secondary N) is 1. The molecule has 0 spiro atoms. The molecule has 0 saturated carbocycles. The third-order valence-corrected chi connectivity index (χ3v) is 3.92. The standard InChI is InChI=1S/C12H20N2O3/c1-8-7-13-5-4-9(8)11(15)14-6-2-3-10(14)12(16)17/h8-10,13H,2-7H2,1H3,(H,16,17)/t8?,9?,10-/m0/s1. The molecule has 2 heterocycles. The predicted molar refractivity (Wildman–Crippen MR) is 62.5 cm³/mol. The average Bonchev–Trinajstić information content (AvgIpc) is 2.77. The summed E-state index contributed by atoms with van der Waals surface area (Å²) in [5.74, 6) is -0.524. The van der Waals surface area contributed by atoms with Gasteiger partial charge in [-0.1, -0.05) is 6.92 Å². The van der Waals surface area contributed by atoms with E-state index in [0.29, 0.717) is 18.9 Å². The molecule has 5 heteroatoms. The molecule has 2 rings (SSSR count). The summed E-state index contributed by atoms with van der Waals surface area (Å²) in [4.78, 5) is 25.0. The van der Waals surface area contributed by atoms with Crippen molar-refractivity contribution in [2.24, 2.45) is 11.8 Å². The van der Waals surface area contributed by atoms with Crippen molar-refractivity contribution >= 4 is 11.9 Å². The van der Waals surface area contributed by atoms with Crippen molar-refractivity contribution in [1.29, 1.82) is 0 Å². The van der Waals surface area contributed by atoms with Crippen LogP contribution in [0.1, 0.15) is 26.2 Å². The molecule has 0 aromatic carbocycles. The molecular formula is C12H20N2O3. The lowest BCUT2D eigenvalue weighted by atomic mass is 9.86. The number of carbonyl (C=O) groups is 2. The number of likely N-dealkylation sites (tertiary alicyclic amines) is 1. The number of nitrogens with zero attached hydrogens (tertiary/aromatic N) is 1. The van der Waals surface area contributed by atoms with Crippen LogP contribution in [0.5, 0.6) is 0 Å². The first-order chi connectivity index (χ1) is 8.11. The zero-order valence-corrected chi connectivity index (χ0v) is 10.2. The Balaban J connectivity index is 2.05. The molecule has 5 nitrogen and oxygen atoms in total. The fraction of sp³-hybridized carbons (Fsp3) is 0.833. The number of rotatable bonds is 2. The maximum atomic E-state index is 12.4. The monoisotopic (exact) mass is 240 g/mol. The van der Waals surface area contributed by atoms with Crippen LogP contribution in [-0.2, 0) is 9.59 Å². The van der Waals surface area contributed by atoms with E-state index >= 15 is 0 Å². The van der Waals surface area contributed by atoms with E-state index < -0.39 is 12.0 Å². The van der Waals surface area contributed by atoms with Crippen LogP contribution < -0.4 is 5.32 Å². The molecule has 2 aliphatic rings. The van der Waals surface area contributed by atoms with Crippen molar-refractivity contribution in [2.75, 3.05) is 19.6 Å². The van der Waals surface area contributed by atoms with Crippen LogP contribution in [-0.4, -0.2) is 47.6 Å². The third kappa shape index (κ3) is 2.44. The van der Waals surface area contributed by atoms with Crippen LogP contribution >= 0.6 is 0 Å². The molecule has 2 saturated heterocycles. The minimum atomic E-state index is -0.863. The van der Waals surface area contributed by atoms with Crippen LogP contribution in [0.3, 0.4) is 0 Å². The normalized spacial score (nSPS) is 33.7. The number of carboxylic acid groups (broad SMARTS) is 1. The number of piperidine rings is 1. The Hall–Kier alpha value is -1.10. The Morgan fingerprint density at radius 2 is 2.12 bits per heavy atom. The van der Waals surface area contributed by atoms with Gasteiger partial charge >= 0.3 is 5.97 Å². The maximum Gasteiger partial charge on any atom is 0.326 e. The summed E-state index contributed by atoms with van der Waals surface area (Å²) >= 11 is 0. The van der Waals surface area contributed by atoms with Gasteiger partial charge in [0, 0.05) is 12.5 Å². The van der Waals surface area contributed by atoms with Crippen molar-refractivity contribution < 1.29 is 14.7 Å². The third-order valence-electron chi connectivity index (χ3n) is 3.92. The summed E-state index contributed by atoms with van der Waals surface area (Å²) in [5, 5.41) is 12.3. The van der Waals surface area contributed by atoms with Gasteiger partial charge in [-0.2, -0.15) is 0 Å². The number of carboxylic acids is 1. The molecule has 96 valence electrons. The van der Waals surface area contributed by atoms with Gasteiger partial charge in [0.15, 0.2) is 0 Å². The molecular weight excluding hydrogens is 220 g/mol. The van der Waals surface area contributed by atoms with E-state index in [1.54, 1.807) is 4.90 Å². The van der Waals surface area contributed by atoms with Gasteiger partial charge in [-0.3, -0.25) is 4.79 Å². The number of hydrogen-bond acceptors (Lipinski definition) is 3. The fourth-order valence-electron chi connectivity index (χ4n) is 2.88. The lowest BCUT2D eigenvalue weighted by Gasteiger charge is -2.33. The highest BCUT2D eigenvalue weighted by atomic mass is 16.4. The summed E-state index contributed by atoms with van der Waals surface area (Å²) in [7, 11) is 0. The van der Waals surface area contributed by atoms with E-state index in [1.807, 2.05) is 0 Å². The van der Waals surface area contributed by atoms with Crippen LogP contribution in [0.25, 0.3) is 0 Å². The minimum absolute atomic E-state index is 0.00352. The van der Waals surface area contributed by atoms with Crippen LogP contribution in [0.4, 0.5) is 0 Å². The molecule has 1 amide bonds. The summed E-state index contributed by atoms with van der Waals surface area (Å²) in [6.07, 6.45) is 2.23. The Labute approximate surface area is 101 Å². The van der Waals surface area contributed by atoms with Gasteiger partial charge in [-0.05, 0) is 38.3 Å². The van der Waals surface area contributed by atoms with E-state index in [9.17, 15) is 9.59 Å². The zero-order chi connectivity index (χ0) is 12.4. The van der Waals surface area contributed by atoms with Gasteiger partial charge in [-0.25, -0.2) is 4.79 Å². The second-order valence-electron chi connectivity index (χ2n) is 5.10. The van der Waals surface area contributed by atoms with Crippen molar-refractivity contribution in [1.82, 2.24) is 10.2 Å². The molecule has 2 aliphatic heterocycles. The molecule has 0 aromatic heterocycles. The first-order valence-corrected chi connectivity index (χ1v) is 6.35. The molecule has 2 fully saturated rings. The lowest BCUT2D eigenvalue weighted by molar-refractivity contribution is -0.151. The van der Waals surface area contributed by atoms with Crippen LogP contribution in [0, 0.1) is 11.8 Å². The average molecular weight is 240 g/mol. The molecule has 17 heavy (non-hydrogen) atoms. The van der Waals surface area contributed by atoms with E-state index in [2.05, 4.69) is 12.2 Å². The molecule has 0 aromatic rings. The predicted octanol–water partition coefficient (Wildman–Crippen LogP) is 0.308. The minimum Gasteiger partial charge on any atom is -0.480 e. The number of aliphatic carboxylic acids is 1. The molecule has 0 aliphatic carbocycles. The van der Waals surface area contributed by atoms with Crippen LogP contribution in [0.15, 0.2) is 0 Å². The fourth-order valence-corrected chi connectivity index (χ4v) is 2.88. The number of amides is 1. The number of carbonyl (C=O) groups excluding carboxylic acids is 1. The Bertz CT molecular complexity index is 319. The molecule has 2 unspecified atom stereocenters. The second kappa shape index (κ2) is 5.04. The summed E-state index contributed by atoms with van der Waals surface area (Å²) in [6.45, 7) is 4.36. The first-order valence-electron chi connectivity index (χ1n) is 6.35. The van der Waals surface area contributed by atoms with E-state index in [4.69, 9.17) is 5.11 Å². The van der Waals surface area contributed by atoms with Gasteiger partial charge in [0.1, 0.15) is 6.04 Å². The highest BCUT2D eigenvalue weighted by Gasteiger charge is 2.39. The second-order valence-corrected chi connectivity index (χ2v) is 5.10. The molecule has 0 radical (unpaired) electrons. The van der Waals surface area contributed by atoms with Crippen molar-refractivity contribution in [2.45, 2.75) is 32.2 Å². The smallest absolute Gasteiger partial charge is 0.326 e. The van der Waals surface area contributed by atoms with Gasteiger partial charge in [0.2, 0.25) is 5.91 Å². The Morgan fingerprint density at radius 1 is 1.35 bits per heavy atom. The quantitative estimate of drug-likeness (QED) is 0.728. The van der Waals surface area contributed by atoms with Crippen molar-refractivity contribution in [3.05, 3.63) is 0 Å². The first kappa shape index (κ1) is 12.4. The van der Waals surface area contributed by atoms with Crippen molar-refractivity contribution in [3.8, 4) is 0 Å². The topological polar surface area (TPSA) is 69.6 Å². The van der Waals surface area contributed by atoms with Gasteiger partial charge in [0.05, 0.1) is 0 Å². The van der Waals surface area contributed by atoms with E-state index in [0.717, 1.165) is 25.9 Å². The summed E-state index contributed by atoms with van der Waals surface area (Å²) in [5.41, 5.74) is 0. The lowest BCUT2D eigenvalue weighted by Crippen LogP contribution is -2.48. The SMILES string of the molecule is CC1CNCCC1C(=O)N1CCC[C@H]1C(=O)O. The largest absolute Gasteiger partial charge is 0.480 e. The highest BCUT2D eigenvalue weighted by Crippen LogP contribution is 2.26. The maximum absolute atomic E-state index is 12.4. The summed E-state index contributed by atoms with van der Waals surface area (Å²) < 4.78 is 0. The van der Waals surface area contributed by atoms with Gasteiger partial charge in [-0.15, -0.1) is 0 Å². The molecule has 0 bridgehead atoms. The number of hydrogen-bond donors (Lipinski definition) is 2. The Morgan fingerprint density at radius 3 is 2.76 bits per heavy atom. The van der Waals surface area contributed by atoms with E-state index in [-0.39, 0.29) is 11.8 Å². The van der Waals surface area contributed by atoms with E-state index in [1.165, 1.54) is 0 Å². The van der Waals surface area contributed by atoms with Gasteiger partial charge < -0.3 is 15.3 Å². The van der Waals surface area contributed by atoms with Crippen LogP contribution in [0.2, 0.25) is 0 Å². The van der Waals surface area contributed by atoms with Gasteiger partial charge in [0.25, 0.3) is 0 Å². The Kier molecular flexibility index (Phi) is 3.66. The highest BCUT2D eigenvalue weighted by molar-refractivity contribution is 5.85. The zero-order valence-electron chi connectivity index (χ0n) is 10.2. The summed E-state index contributed by atoms with van der Waals surface area (Å²) in [6, 6.07) is -0.593. The van der Waals surface area contributed by atoms with Crippen molar-refractivity contribution in [3.63, 3.8) is 0 Å². The molecule has 3 atom stereocenters. The molecule has 2 N–H and O–H groups in total.